The van der Waals surface area contributed by atoms with Crippen molar-refractivity contribution in [1.82, 2.24) is 10.2 Å². The molecule has 5 nitrogen and oxygen atoms in total. The summed E-state index contributed by atoms with van der Waals surface area (Å²) in [6, 6.07) is 14.3. The first-order valence-electron chi connectivity index (χ1n) is 10.6. The highest BCUT2D eigenvalue weighted by Crippen LogP contribution is 2.40. The van der Waals surface area contributed by atoms with E-state index >= 15 is 0 Å². The van der Waals surface area contributed by atoms with Crippen molar-refractivity contribution in [3.8, 4) is 11.5 Å². The first-order chi connectivity index (χ1) is 14.0. The third-order valence-electron chi connectivity index (χ3n) is 6.33. The first kappa shape index (κ1) is 19.9. The van der Waals surface area contributed by atoms with Crippen LogP contribution in [-0.2, 0) is 0 Å². The quantitative estimate of drug-likeness (QED) is 0.823. The van der Waals surface area contributed by atoms with Crippen LogP contribution < -0.4 is 10.1 Å². The summed E-state index contributed by atoms with van der Waals surface area (Å²) in [6.45, 7) is 7.46. The van der Waals surface area contributed by atoms with E-state index in [0.717, 1.165) is 50.2 Å². The van der Waals surface area contributed by atoms with Gasteiger partial charge in [0.2, 0.25) is 0 Å². The van der Waals surface area contributed by atoms with Gasteiger partial charge < -0.3 is 14.7 Å². The van der Waals surface area contributed by atoms with Gasteiger partial charge in [-0.3, -0.25) is 10.3 Å². The van der Waals surface area contributed by atoms with Gasteiger partial charge in [0, 0.05) is 36.8 Å². The highest BCUT2D eigenvalue weighted by atomic mass is 16.5. The van der Waals surface area contributed by atoms with Gasteiger partial charge in [-0.25, -0.2) is 0 Å². The summed E-state index contributed by atoms with van der Waals surface area (Å²) in [4.78, 5) is 7.73. The van der Waals surface area contributed by atoms with Crippen LogP contribution in [-0.4, -0.2) is 48.1 Å². The Morgan fingerprint density at radius 3 is 2.55 bits per heavy atom. The van der Waals surface area contributed by atoms with Crippen molar-refractivity contribution in [3.05, 3.63) is 59.2 Å². The summed E-state index contributed by atoms with van der Waals surface area (Å²) in [5, 5.41) is 14.6. The van der Waals surface area contributed by atoms with Crippen molar-refractivity contribution in [3.63, 3.8) is 0 Å². The molecule has 1 saturated heterocycles. The number of methoxy groups -OCH3 is 1. The molecule has 1 spiro atoms. The highest BCUT2D eigenvalue weighted by molar-refractivity contribution is 6.01. The number of nitrogens with one attached hydrogen (secondary N) is 1. The second-order valence-corrected chi connectivity index (χ2v) is 8.19. The van der Waals surface area contributed by atoms with E-state index in [2.05, 4.69) is 48.3 Å². The molecule has 2 aromatic carbocycles. The number of nitrogens with zero attached hydrogens (tertiary/aromatic N) is 2. The Bertz CT molecular complexity index is 883. The number of piperidine rings is 1. The maximum atomic E-state index is 10.8. The first-order valence-corrected chi connectivity index (χ1v) is 10.6. The molecule has 1 fully saturated rings. The molecule has 29 heavy (non-hydrogen) atoms. The normalized spacial score (nSPS) is 21.8. The number of ether oxygens (including phenoxy) is 1. The molecule has 0 aromatic heterocycles. The number of aliphatic imine (C=N–C) groups is 1. The minimum atomic E-state index is -0.287. The maximum absolute atomic E-state index is 10.8. The molecule has 0 bridgehead atoms. The molecule has 4 rings (SSSR count). The standard InChI is InChI=1S/C24H31N3O2/c1-4-27-14-12-24(13-15-27)25-20(18-10-8-17(2)9-11-18)16-21(26-24)19-6-5-7-22(29-3)23(19)28/h5-11,21,26,28H,4,12-16H2,1-3H3/t21-/m0/s1. The predicted molar refractivity (Wildman–Crippen MR) is 117 cm³/mol. The van der Waals surface area contributed by atoms with Crippen LogP contribution in [0.15, 0.2) is 47.5 Å². The van der Waals surface area contributed by atoms with Crippen LogP contribution in [0.3, 0.4) is 0 Å². The number of likely N-dealkylation sites (tertiary alicyclic amines) is 1. The Kier molecular flexibility index (Phi) is 5.61. The number of hydrogen-bond donors (Lipinski definition) is 2. The van der Waals surface area contributed by atoms with Gasteiger partial charge in [0.05, 0.1) is 7.11 Å². The molecule has 0 aliphatic carbocycles. The maximum Gasteiger partial charge on any atom is 0.162 e. The van der Waals surface area contributed by atoms with E-state index in [1.165, 1.54) is 11.1 Å². The molecule has 0 amide bonds. The molecule has 2 aliphatic rings. The van der Waals surface area contributed by atoms with E-state index in [0.29, 0.717) is 5.75 Å². The average molecular weight is 394 g/mol. The molecule has 2 heterocycles. The minimum Gasteiger partial charge on any atom is -0.504 e. The van der Waals surface area contributed by atoms with E-state index in [1.54, 1.807) is 13.2 Å². The number of phenolic OH excluding ortho intramolecular Hbond substituents is 1. The zero-order valence-electron chi connectivity index (χ0n) is 17.6. The van der Waals surface area contributed by atoms with Crippen LogP contribution in [0.25, 0.3) is 0 Å². The molecule has 5 heteroatoms. The van der Waals surface area contributed by atoms with E-state index in [9.17, 15) is 5.11 Å². The summed E-state index contributed by atoms with van der Waals surface area (Å²) in [6.07, 6.45) is 2.68. The molecule has 154 valence electrons. The molecular weight excluding hydrogens is 362 g/mol. The van der Waals surface area contributed by atoms with Gasteiger partial charge in [0.1, 0.15) is 5.66 Å². The number of benzene rings is 2. The van der Waals surface area contributed by atoms with Gasteiger partial charge in [-0.05, 0) is 37.9 Å². The SMILES string of the molecule is CCN1CCC2(CC1)N=C(c1ccc(C)cc1)C[C@@H](c1cccc(OC)c1O)N2. The van der Waals surface area contributed by atoms with Crippen molar-refractivity contribution in [2.75, 3.05) is 26.7 Å². The summed E-state index contributed by atoms with van der Waals surface area (Å²) in [7, 11) is 1.59. The van der Waals surface area contributed by atoms with Gasteiger partial charge in [0.15, 0.2) is 11.5 Å². The fourth-order valence-electron chi connectivity index (χ4n) is 4.50. The van der Waals surface area contributed by atoms with E-state index in [-0.39, 0.29) is 17.5 Å². The van der Waals surface area contributed by atoms with Crippen LogP contribution in [0.5, 0.6) is 11.5 Å². The van der Waals surface area contributed by atoms with Crippen molar-refractivity contribution in [2.45, 2.75) is 44.8 Å². The summed E-state index contributed by atoms with van der Waals surface area (Å²) < 4.78 is 5.35. The second-order valence-electron chi connectivity index (χ2n) is 8.19. The van der Waals surface area contributed by atoms with Gasteiger partial charge in [0.25, 0.3) is 0 Å². The minimum absolute atomic E-state index is 0.00733. The molecule has 0 radical (unpaired) electrons. The summed E-state index contributed by atoms with van der Waals surface area (Å²) >= 11 is 0. The monoisotopic (exact) mass is 393 g/mol. The van der Waals surface area contributed by atoms with Gasteiger partial charge in [-0.2, -0.15) is 0 Å². The Morgan fingerprint density at radius 1 is 1.17 bits per heavy atom. The number of phenols is 1. The molecule has 0 saturated carbocycles. The number of hydrogen-bond acceptors (Lipinski definition) is 5. The molecule has 2 N–H and O–H groups in total. The smallest absolute Gasteiger partial charge is 0.162 e. The zero-order chi connectivity index (χ0) is 20.4. The molecule has 0 unspecified atom stereocenters. The lowest BCUT2D eigenvalue weighted by molar-refractivity contribution is 0.129. The lowest BCUT2D eigenvalue weighted by atomic mass is 9.87. The fourth-order valence-corrected chi connectivity index (χ4v) is 4.50. The third-order valence-corrected chi connectivity index (χ3v) is 6.33. The van der Waals surface area contributed by atoms with Crippen LogP contribution >= 0.6 is 0 Å². The Balaban J connectivity index is 1.72. The molecule has 2 aliphatic heterocycles. The van der Waals surface area contributed by atoms with Crippen LogP contribution in [0.1, 0.15) is 48.9 Å². The second kappa shape index (κ2) is 8.17. The van der Waals surface area contributed by atoms with Crippen LogP contribution in [0, 0.1) is 6.92 Å². The predicted octanol–water partition coefficient (Wildman–Crippen LogP) is 4.04. The van der Waals surface area contributed by atoms with Gasteiger partial charge in [-0.1, -0.05) is 48.9 Å². The Morgan fingerprint density at radius 2 is 1.90 bits per heavy atom. The highest BCUT2D eigenvalue weighted by Gasteiger charge is 2.40. The Labute approximate surface area is 173 Å². The number of aromatic hydroxyl groups is 1. The van der Waals surface area contributed by atoms with Crippen molar-refractivity contribution < 1.29 is 9.84 Å². The van der Waals surface area contributed by atoms with Crippen molar-refractivity contribution in [2.24, 2.45) is 4.99 Å². The lowest BCUT2D eigenvalue weighted by Crippen LogP contribution is -2.56. The zero-order valence-corrected chi connectivity index (χ0v) is 17.6. The number of aryl methyl sites for hydroxylation is 1. The Hall–Kier alpha value is -2.37. The van der Waals surface area contributed by atoms with E-state index in [4.69, 9.17) is 9.73 Å². The van der Waals surface area contributed by atoms with Gasteiger partial charge >= 0.3 is 0 Å². The summed E-state index contributed by atoms with van der Waals surface area (Å²) in [5.74, 6) is 0.734. The van der Waals surface area contributed by atoms with Crippen LogP contribution in [0.4, 0.5) is 0 Å². The van der Waals surface area contributed by atoms with Crippen molar-refractivity contribution in [1.29, 1.82) is 0 Å². The third kappa shape index (κ3) is 4.02. The van der Waals surface area contributed by atoms with Crippen LogP contribution in [0.2, 0.25) is 0 Å². The van der Waals surface area contributed by atoms with E-state index in [1.807, 2.05) is 12.1 Å². The molecule has 2 aromatic rings. The molecular formula is C24H31N3O2. The van der Waals surface area contributed by atoms with Gasteiger partial charge in [-0.15, -0.1) is 0 Å². The van der Waals surface area contributed by atoms with Crippen molar-refractivity contribution >= 4 is 5.71 Å². The van der Waals surface area contributed by atoms with E-state index < -0.39 is 0 Å². The fraction of sp³-hybridized carbons (Fsp3) is 0.458. The summed E-state index contributed by atoms with van der Waals surface area (Å²) in [5.41, 5.74) is 4.12. The topological polar surface area (TPSA) is 57.1 Å². The number of para-hydroxylation sites is 1. The molecule has 1 atom stereocenters. The lowest BCUT2D eigenvalue weighted by Gasteiger charge is -2.45. The largest absolute Gasteiger partial charge is 0.504 e. The average Bonchev–Trinajstić information content (AvgIpc) is 2.74. The number of rotatable bonds is 4.